The summed E-state index contributed by atoms with van der Waals surface area (Å²) in [6, 6.07) is 5.53. The summed E-state index contributed by atoms with van der Waals surface area (Å²) in [5.41, 5.74) is 8.74. The molecular weight excluding hydrogens is 216 g/mol. The van der Waals surface area contributed by atoms with Gasteiger partial charge < -0.3 is 15.8 Å². The third-order valence-electron chi connectivity index (χ3n) is 2.54. The molecule has 4 heteroatoms. The van der Waals surface area contributed by atoms with Crippen molar-refractivity contribution >= 4 is 11.7 Å². The number of nitrogens with one attached hydrogen (secondary N) is 1. The van der Waals surface area contributed by atoms with Gasteiger partial charge in [0, 0.05) is 12.2 Å². The Morgan fingerprint density at radius 2 is 2.24 bits per heavy atom. The zero-order valence-electron chi connectivity index (χ0n) is 10.6. The second-order valence-corrected chi connectivity index (χ2v) is 4.06. The third-order valence-corrected chi connectivity index (χ3v) is 2.54. The number of aryl methyl sites for hydroxylation is 1. The Labute approximate surface area is 102 Å². The Morgan fingerprint density at radius 1 is 1.53 bits per heavy atom. The van der Waals surface area contributed by atoms with Crippen LogP contribution in [0.25, 0.3) is 0 Å². The van der Waals surface area contributed by atoms with Gasteiger partial charge in [-0.3, -0.25) is 4.79 Å². The van der Waals surface area contributed by atoms with Gasteiger partial charge in [-0.2, -0.15) is 0 Å². The summed E-state index contributed by atoms with van der Waals surface area (Å²) in [4.78, 5) is 11.4. The van der Waals surface area contributed by atoms with E-state index in [1.807, 2.05) is 25.1 Å². The van der Waals surface area contributed by atoms with Gasteiger partial charge in [0.1, 0.15) is 6.04 Å². The van der Waals surface area contributed by atoms with Gasteiger partial charge in [0.05, 0.1) is 6.61 Å². The van der Waals surface area contributed by atoms with Crippen molar-refractivity contribution in [2.24, 2.45) is 0 Å². The number of nitrogens with two attached hydrogens (primary N) is 1. The number of anilines is 1. The standard InChI is InChI=1S/C13H20N2O2/c1-4-17-13(16)10(3)15-8-11-7-9(2)5-6-12(11)14/h5-7,10,15H,4,8,14H2,1-3H3/t10-/m0/s1. The van der Waals surface area contributed by atoms with Crippen LogP contribution in [0, 0.1) is 6.92 Å². The molecule has 0 aliphatic rings. The number of hydrogen-bond acceptors (Lipinski definition) is 4. The number of rotatable bonds is 5. The van der Waals surface area contributed by atoms with Crippen LogP contribution in [0.1, 0.15) is 25.0 Å². The average Bonchev–Trinajstić information content (AvgIpc) is 2.30. The van der Waals surface area contributed by atoms with Crippen LogP contribution >= 0.6 is 0 Å². The zero-order chi connectivity index (χ0) is 12.8. The normalized spacial score (nSPS) is 12.2. The summed E-state index contributed by atoms with van der Waals surface area (Å²) in [5.74, 6) is -0.237. The predicted octanol–water partition coefficient (Wildman–Crippen LogP) is 1.62. The van der Waals surface area contributed by atoms with Crippen LogP contribution < -0.4 is 11.1 Å². The summed E-state index contributed by atoms with van der Waals surface area (Å²) in [6.07, 6.45) is 0. The summed E-state index contributed by atoms with van der Waals surface area (Å²) in [6.45, 7) is 6.55. The van der Waals surface area contributed by atoms with Crippen molar-refractivity contribution in [1.82, 2.24) is 5.32 Å². The van der Waals surface area contributed by atoms with Crippen LogP contribution in [0.15, 0.2) is 18.2 Å². The molecule has 1 rings (SSSR count). The van der Waals surface area contributed by atoms with E-state index in [1.54, 1.807) is 13.8 Å². The number of benzene rings is 1. The van der Waals surface area contributed by atoms with E-state index in [-0.39, 0.29) is 12.0 Å². The van der Waals surface area contributed by atoms with E-state index < -0.39 is 0 Å². The highest BCUT2D eigenvalue weighted by atomic mass is 16.5. The monoisotopic (exact) mass is 236 g/mol. The smallest absolute Gasteiger partial charge is 0.322 e. The lowest BCUT2D eigenvalue weighted by atomic mass is 10.1. The van der Waals surface area contributed by atoms with E-state index in [4.69, 9.17) is 10.5 Å². The molecule has 0 fully saturated rings. The largest absolute Gasteiger partial charge is 0.465 e. The van der Waals surface area contributed by atoms with Gasteiger partial charge >= 0.3 is 5.97 Å². The Balaban J connectivity index is 2.55. The fourth-order valence-electron chi connectivity index (χ4n) is 1.50. The minimum Gasteiger partial charge on any atom is -0.465 e. The van der Waals surface area contributed by atoms with Gasteiger partial charge in [-0.15, -0.1) is 0 Å². The molecule has 3 N–H and O–H groups in total. The molecule has 0 bridgehead atoms. The summed E-state index contributed by atoms with van der Waals surface area (Å²) in [5, 5.41) is 3.10. The van der Waals surface area contributed by atoms with Gasteiger partial charge in [0.25, 0.3) is 0 Å². The van der Waals surface area contributed by atoms with E-state index in [0.717, 1.165) is 16.8 Å². The molecule has 0 radical (unpaired) electrons. The molecular formula is C13H20N2O2. The predicted molar refractivity (Wildman–Crippen MR) is 68.5 cm³/mol. The van der Waals surface area contributed by atoms with Crippen molar-refractivity contribution in [3.63, 3.8) is 0 Å². The molecule has 0 amide bonds. The third kappa shape index (κ3) is 4.07. The summed E-state index contributed by atoms with van der Waals surface area (Å²) >= 11 is 0. The lowest BCUT2D eigenvalue weighted by molar-refractivity contribution is -0.145. The van der Waals surface area contributed by atoms with Gasteiger partial charge in [0.15, 0.2) is 0 Å². The van der Waals surface area contributed by atoms with E-state index in [0.29, 0.717) is 13.2 Å². The van der Waals surface area contributed by atoms with Crippen LogP contribution in [0.2, 0.25) is 0 Å². The molecule has 94 valence electrons. The summed E-state index contributed by atoms with van der Waals surface area (Å²) in [7, 11) is 0. The first-order valence-corrected chi connectivity index (χ1v) is 5.79. The second kappa shape index (κ2) is 6.25. The lowest BCUT2D eigenvalue weighted by Gasteiger charge is -2.14. The fraction of sp³-hybridized carbons (Fsp3) is 0.462. The molecule has 4 nitrogen and oxygen atoms in total. The topological polar surface area (TPSA) is 64.3 Å². The number of carbonyl (C=O) groups excluding carboxylic acids is 1. The van der Waals surface area contributed by atoms with E-state index >= 15 is 0 Å². The van der Waals surface area contributed by atoms with E-state index in [1.165, 1.54) is 0 Å². The first-order chi connectivity index (χ1) is 8.04. The number of nitrogen functional groups attached to an aromatic ring is 1. The first-order valence-electron chi connectivity index (χ1n) is 5.79. The van der Waals surface area contributed by atoms with Crippen molar-refractivity contribution < 1.29 is 9.53 Å². The number of ether oxygens (including phenoxy) is 1. The quantitative estimate of drug-likeness (QED) is 0.602. The lowest BCUT2D eigenvalue weighted by Crippen LogP contribution is -2.35. The molecule has 1 atom stereocenters. The summed E-state index contributed by atoms with van der Waals surface area (Å²) < 4.78 is 4.91. The fourth-order valence-corrected chi connectivity index (χ4v) is 1.50. The molecule has 0 aromatic heterocycles. The van der Waals surface area contributed by atoms with Crippen molar-refractivity contribution in [2.75, 3.05) is 12.3 Å². The van der Waals surface area contributed by atoms with Crippen LogP contribution in [0.3, 0.4) is 0 Å². The Morgan fingerprint density at radius 3 is 2.88 bits per heavy atom. The van der Waals surface area contributed by atoms with Gasteiger partial charge in [-0.25, -0.2) is 0 Å². The van der Waals surface area contributed by atoms with Crippen molar-refractivity contribution in [1.29, 1.82) is 0 Å². The molecule has 0 heterocycles. The maximum absolute atomic E-state index is 11.4. The number of hydrogen-bond donors (Lipinski definition) is 2. The number of esters is 1. The van der Waals surface area contributed by atoms with Gasteiger partial charge in [-0.1, -0.05) is 17.7 Å². The molecule has 0 spiro atoms. The van der Waals surface area contributed by atoms with Crippen LogP contribution in [0.5, 0.6) is 0 Å². The minimum atomic E-state index is -0.324. The van der Waals surface area contributed by atoms with Gasteiger partial charge in [-0.05, 0) is 32.4 Å². The van der Waals surface area contributed by atoms with Crippen LogP contribution in [-0.4, -0.2) is 18.6 Å². The van der Waals surface area contributed by atoms with Gasteiger partial charge in [0.2, 0.25) is 0 Å². The minimum absolute atomic E-state index is 0.237. The Kier molecular flexibility index (Phi) is 4.97. The van der Waals surface area contributed by atoms with E-state index in [9.17, 15) is 4.79 Å². The van der Waals surface area contributed by atoms with Crippen LogP contribution in [-0.2, 0) is 16.1 Å². The van der Waals surface area contributed by atoms with E-state index in [2.05, 4.69) is 5.32 Å². The molecule has 1 aromatic rings. The molecule has 1 aromatic carbocycles. The Hall–Kier alpha value is -1.55. The van der Waals surface area contributed by atoms with Crippen molar-refractivity contribution in [2.45, 2.75) is 33.4 Å². The zero-order valence-corrected chi connectivity index (χ0v) is 10.6. The van der Waals surface area contributed by atoms with Crippen LogP contribution in [0.4, 0.5) is 5.69 Å². The maximum atomic E-state index is 11.4. The van der Waals surface area contributed by atoms with Crippen molar-refractivity contribution in [3.8, 4) is 0 Å². The Bertz CT molecular complexity index is 391. The first kappa shape index (κ1) is 13.5. The highest BCUT2D eigenvalue weighted by Crippen LogP contribution is 2.13. The molecule has 0 aliphatic carbocycles. The number of carbonyl (C=O) groups is 1. The maximum Gasteiger partial charge on any atom is 0.322 e. The molecule has 0 aliphatic heterocycles. The molecule has 17 heavy (non-hydrogen) atoms. The molecule has 0 saturated carbocycles. The highest BCUT2D eigenvalue weighted by Gasteiger charge is 2.13. The average molecular weight is 236 g/mol. The van der Waals surface area contributed by atoms with Crippen molar-refractivity contribution in [3.05, 3.63) is 29.3 Å². The molecule has 0 saturated heterocycles. The molecule has 0 unspecified atom stereocenters. The second-order valence-electron chi connectivity index (χ2n) is 4.06. The SMILES string of the molecule is CCOC(=O)[C@H](C)NCc1cc(C)ccc1N. The highest BCUT2D eigenvalue weighted by molar-refractivity contribution is 5.75.